The van der Waals surface area contributed by atoms with E-state index in [0.29, 0.717) is 69.6 Å². The highest BCUT2D eigenvalue weighted by atomic mass is 32.2. The van der Waals surface area contributed by atoms with E-state index in [9.17, 15) is 18.5 Å². The molecule has 0 bridgehead atoms. The van der Waals surface area contributed by atoms with Gasteiger partial charge in [0.1, 0.15) is 0 Å². The Bertz CT molecular complexity index is 1720. The van der Waals surface area contributed by atoms with Gasteiger partial charge in [0.05, 0.1) is 54.2 Å². The van der Waals surface area contributed by atoms with Crippen LogP contribution in [-0.2, 0) is 20.3 Å². The van der Waals surface area contributed by atoms with Gasteiger partial charge in [-0.05, 0) is 43.2 Å². The molecule has 0 atom stereocenters. The summed E-state index contributed by atoms with van der Waals surface area (Å²) in [6, 6.07) is 12.1. The lowest BCUT2D eigenvalue weighted by Gasteiger charge is -2.40. The summed E-state index contributed by atoms with van der Waals surface area (Å²) in [5.41, 5.74) is 1.44. The van der Waals surface area contributed by atoms with Gasteiger partial charge in [0.15, 0.2) is 0 Å². The Balaban J connectivity index is 1.15. The fourth-order valence-corrected chi connectivity index (χ4v) is 6.72. The monoisotopic (exact) mass is 603 g/mol. The molecule has 0 spiro atoms. The molecule has 0 radical (unpaired) electrons. The number of morpholine rings is 1. The Hall–Kier alpha value is -4.65. The second-order valence-corrected chi connectivity index (χ2v) is 12.3. The van der Waals surface area contributed by atoms with Gasteiger partial charge in [0, 0.05) is 55.9 Å². The molecular formula is C28H29N9O5S. The summed E-state index contributed by atoms with van der Waals surface area (Å²) in [5, 5.41) is 21.0. The van der Waals surface area contributed by atoms with Crippen molar-refractivity contribution in [3.63, 3.8) is 0 Å². The molecule has 14 nitrogen and oxygen atoms in total. The molecule has 15 heteroatoms. The number of nitriles is 1. The number of benzene rings is 1. The van der Waals surface area contributed by atoms with Crippen molar-refractivity contribution in [2.75, 3.05) is 44.7 Å². The first kappa shape index (κ1) is 28.5. The molecule has 0 unspecified atom stereocenters. The van der Waals surface area contributed by atoms with Gasteiger partial charge in [-0.2, -0.15) is 14.7 Å². The SMILES string of the molecule is N#CCC1(n2cc(-c3ccnc(Nc4ccc(S(=O)(=O)N5CCOCC5)cc4)n3)cn2)CCN(C(=O)c2ccno2)CC1. The Labute approximate surface area is 247 Å². The van der Waals surface area contributed by atoms with E-state index in [1.807, 2.05) is 10.9 Å². The van der Waals surface area contributed by atoms with E-state index in [2.05, 4.69) is 31.6 Å². The Morgan fingerprint density at radius 2 is 1.81 bits per heavy atom. The third-order valence-corrected chi connectivity index (χ3v) is 9.69. The first-order valence-electron chi connectivity index (χ1n) is 13.8. The summed E-state index contributed by atoms with van der Waals surface area (Å²) in [6.45, 7) is 2.33. The van der Waals surface area contributed by atoms with Crippen LogP contribution in [0.3, 0.4) is 0 Å². The number of sulfonamides is 1. The molecule has 0 aliphatic carbocycles. The molecule has 3 aromatic heterocycles. The molecule has 0 saturated carbocycles. The molecule has 2 aliphatic heterocycles. The van der Waals surface area contributed by atoms with Gasteiger partial charge in [-0.25, -0.2) is 18.4 Å². The predicted molar refractivity (Wildman–Crippen MR) is 152 cm³/mol. The van der Waals surface area contributed by atoms with Crippen LogP contribution in [-0.4, -0.2) is 87.8 Å². The zero-order valence-electron chi connectivity index (χ0n) is 23.2. The van der Waals surface area contributed by atoms with Crippen molar-refractivity contribution in [2.45, 2.75) is 29.7 Å². The molecule has 2 saturated heterocycles. The van der Waals surface area contributed by atoms with Gasteiger partial charge >= 0.3 is 0 Å². The maximum atomic E-state index is 12.9. The number of likely N-dealkylation sites (tertiary alicyclic amines) is 1. The third-order valence-electron chi connectivity index (χ3n) is 7.78. The van der Waals surface area contributed by atoms with Crippen LogP contribution in [0.5, 0.6) is 0 Å². The van der Waals surface area contributed by atoms with E-state index in [1.54, 1.807) is 47.6 Å². The van der Waals surface area contributed by atoms with Crippen molar-refractivity contribution < 1.29 is 22.5 Å². The van der Waals surface area contributed by atoms with Crippen LogP contribution in [0.15, 0.2) is 70.6 Å². The maximum Gasteiger partial charge on any atom is 0.292 e. The molecule has 1 N–H and O–H groups in total. The minimum Gasteiger partial charge on any atom is -0.379 e. The minimum absolute atomic E-state index is 0.191. The lowest BCUT2D eigenvalue weighted by molar-refractivity contribution is 0.0541. The molecule has 5 heterocycles. The van der Waals surface area contributed by atoms with E-state index in [-0.39, 0.29) is 23.0 Å². The number of hydrogen-bond donors (Lipinski definition) is 1. The van der Waals surface area contributed by atoms with Crippen LogP contribution < -0.4 is 5.32 Å². The fourth-order valence-electron chi connectivity index (χ4n) is 5.31. The van der Waals surface area contributed by atoms with E-state index < -0.39 is 15.6 Å². The number of nitrogens with one attached hydrogen (secondary N) is 1. The van der Waals surface area contributed by atoms with Crippen LogP contribution in [0.2, 0.25) is 0 Å². The third kappa shape index (κ3) is 5.85. The number of carbonyl (C=O) groups excluding carboxylic acids is 1. The van der Waals surface area contributed by atoms with Gasteiger partial charge in [-0.15, -0.1) is 0 Å². The number of piperidine rings is 1. The zero-order chi connectivity index (χ0) is 29.9. The Morgan fingerprint density at radius 1 is 1.05 bits per heavy atom. The summed E-state index contributed by atoms with van der Waals surface area (Å²) in [4.78, 5) is 23.5. The number of anilines is 2. The van der Waals surface area contributed by atoms with Crippen molar-refractivity contribution in [3.8, 4) is 17.3 Å². The lowest BCUT2D eigenvalue weighted by atomic mass is 9.85. The average Bonchev–Trinajstić information content (AvgIpc) is 3.76. The Kier molecular flexibility index (Phi) is 7.89. The van der Waals surface area contributed by atoms with Gasteiger partial charge in [0.25, 0.3) is 5.91 Å². The van der Waals surface area contributed by atoms with E-state index in [0.717, 1.165) is 5.56 Å². The highest BCUT2D eigenvalue weighted by molar-refractivity contribution is 7.89. The summed E-state index contributed by atoms with van der Waals surface area (Å²) < 4.78 is 39.3. The topological polar surface area (TPSA) is 172 Å². The zero-order valence-corrected chi connectivity index (χ0v) is 24.0. The summed E-state index contributed by atoms with van der Waals surface area (Å²) in [5.74, 6) is 0.301. The normalized spacial score (nSPS) is 17.3. The molecule has 6 rings (SSSR count). The van der Waals surface area contributed by atoms with Crippen molar-refractivity contribution in [3.05, 3.63) is 66.9 Å². The van der Waals surface area contributed by atoms with E-state index >= 15 is 0 Å². The maximum absolute atomic E-state index is 12.9. The number of nitrogens with zero attached hydrogens (tertiary/aromatic N) is 8. The van der Waals surface area contributed by atoms with Crippen molar-refractivity contribution in [1.82, 2.24) is 34.1 Å². The lowest BCUT2D eigenvalue weighted by Crippen LogP contribution is -2.48. The molecule has 4 aromatic rings. The van der Waals surface area contributed by atoms with Crippen LogP contribution >= 0.6 is 0 Å². The molecule has 1 amide bonds. The summed E-state index contributed by atoms with van der Waals surface area (Å²) in [6.07, 6.45) is 7.97. The van der Waals surface area contributed by atoms with Crippen molar-refractivity contribution in [1.29, 1.82) is 5.26 Å². The molecule has 1 aromatic carbocycles. The second kappa shape index (κ2) is 11.9. The fraction of sp³-hybridized carbons (Fsp3) is 0.357. The standard InChI is InChI=1S/C28H29N9O5S/c29-10-7-28(8-13-35(14-9-28)26(38)25-6-12-32-42-25)37-20-21(19-31-37)24-5-11-30-27(34-24)33-22-1-3-23(4-2-22)43(39,40)36-15-17-41-18-16-36/h1-6,11-12,19-20H,7-9,13-18H2,(H,30,33,34). The van der Waals surface area contributed by atoms with Gasteiger partial charge in [-0.3, -0.25) is 9.48 Å². The van der Waals surface area contributed by atoms with Crippen LogP contribution in [0, 0.1) is 11.3 Å². The number of rotatable bonds is 8. The molecule has 2 aliphatic rings. The van der Waals surface area contributed by atoms with Crippen molar-refractivity contribution in [2.24, 2.45) is 0 Å². The van der Waals surface area contributed by atoms with E-state index in [1.165, 1.54) is 16.6 Å². The average molecular weight is 604 g/mol. The van der Waals surface area contributed by atoms with Crippen molar-refractivity contribution >= 4 is 27.6 Å². The van der Waals surface area contributed by atoms with E-state index in [4.69, 9.17) is 9.26 Å². The van der Waals surface area contributed by atoms with Gasteiger partial charge in [0.2, 0.25) is 21.7 Å². The predicted octanol–water partition coefficient (Wildman–Crippen LogP) is 2.64. The highest BCUT2D eigenvalue weighted by Gasteiger charge is 2.39. The van der Waals surface area contributed by atoms with Crippen LogP contribution in [0.25, 0.3) is 11.3 Å². The molecular weight excluding hydrogens is 574 g/mol. The smallest absolute Gasteiger partial charge is 0.292 e. The Morgan fingerprint density at radius 3 is 2.51 bits per heavy atom. The number of carbonyl (C=O) groups is 1. The number of aromatic nitrogens is 5. The summed E-state index contributed by atoms with van der Waals surface area (Å²) in [7, 11) is -3.59. The molecule has 43 heavy (non-hydrogen) atoms. The summed E-state index contributed by atoms with van der Waals surface area (Å²) >= 11 is 0. The van der Waals surface area contributed by atoms with Crippen LogP contribution in [0.1, 0.15) is 29.8 Å². The number of hydrogen-bond acceptors (Lipinski definition) is 11. The van der Waals surface area contributed by atoms with Crippen LogP contribution in [0.4, 0.5) is 11.6 Å². The quantitative estimate of drug-likeness (QED) is 0.314. The van der Waals surface area contributed by atoms with Gasteiger partial charge < -0.3 is 19.5 Å². The minimum atomic E-state index is -3.59. The van der Waals surface area contributed by atoms with Gasteiger partial charge in [-0.1, -0.05) is 5.16 Å². The number of ether oxygens (including phenoxy) is 1. The number of amides is 1. The molecule has 222 valence electrons. The first-order chi connectivity index (χ1) is 20.9. The largest absolute Gasteiger partial charge is 0.379 e. The highest BCUT2D eigenvalue weighted by Crippen LogP contribution is 2.35. The second-order valence-electron chi connectivity index (χ2n) is 10.3. The molecule has 2 fully saturated rings. The first-order valence-corrected chi connectivity index (χ1v) is 15.2.